The third-order valence-electron chi connectivity index (χ3n) is 2.05. The van der Waals surface area contributed by atoms with Gasteiger partial charge in [-0.2, -0.15) is 0 Å². The third kappa shape index (κ3) is 3.07. The average molecular weight is 286 g/mol. The minimum Gasteiger partial charge on any atom is -0.467 e. The number of rotatable bonds is 4. The number of methoxy groups -OCH3 is 1. The van der Waals surface area contributed by atoms with Crippen molar-refractivity contribution >= 4 is 23.2 Å². The molecule has 0 aliphatic heterocycles. The lowest BCUT2D eigenvalue weighted by atomic mass is 10.2. The van der Waals surface area contributed by atoms with E-state index in [0.717, 1.165) is 0 Å². The molecule has 0 fully saturated rings. The lowest BCUT2D eigenvalue weighted by molar-refractivity contribution is 0.0515. The smallest absolute Gasteiger partial charge is 0.188 e. The highest BCUT2D eigenvalue weighted by Crippen LogP contribution is 2.30. The highest BCUT2D eigenvalue weighted by Gasteiger charge is 2.10. The second-order valence-corrected chi connectivity index (χ2v) is 4.12. The number of nitrogens with zero attached hydrogens (tertiary/aromatic N) is 3. The van der Waals surface area contributed by atoms with E-state index in [1.54, 1.807) is 18.2 Å². The molecule has 1 heterocycles. The summed E-state index contributed by atoms with van der Waals surface area (Å²) in [5.41, 5.74) is 0.667. The maximum absolute atomic E-state index is 5.91. The van der Waals surface area contributed by atoms with Gasteiger partial charge in [-0.3, -0.25) is 0 Å². The molecule has 1 aromatic heterocycles. The van der Waals surface area contributed by atoms with Gasteiger partial charge in [0.2, 0.25) is 0 Å². The summed E-state index contributed by atoms with van der Waals surface area (Å²) < 4.78 is 10.3. The van der Waals surface area contributed by atoms with Crippen LogP contribution in [0.5, 0.6) is 5.75 Å². The predicted octanol–water partition coefficient (Wildman–Crippen LogP) is 2.83. The standard InChI is InChI=1S/C11H9Cl2N3O2/c1-17-6-18-9-4-7(12)2-3-8(9)11-14-5-10(13)15-16-11/h2-5H,6H2,1H3. The topological polar surface area (TPSA) is 57.1 Å². The van der Waals surface area contributed by atoms with Gasteiger partial charge in [0.1, 0.15) is 5.75 Å². The number of hydrogen-bond donors (Lipinski definition) is 0. The van der Waals surface area contributed by atoms with Crippen LogP contribution in [0.3, 0.4) is 0 Å². The SMILES string of the molecule is COCOc1cc(Cl)ccc1-c1ncc(Cl)nn1. The van der Waals surface area contributed by atoms with Crippen molar-refractivity contribution in [2.75, 3.05) is 13.9 Å². The first kappa shape index (κ1) is 13.0. The van der Waals surface area contributed by atoms with Gasteiger partial charge in [-0.25, -0.2) is 4.98 Å². The lowest BCUT2D eigenvalue weighted by Gasteiger charge is -2.09. The Morgan fingerprint density at radius 1 is 1.22 bits per heavy atom. The number of aromatic nitrogens is 3. The van der Waals surface area contributed by atoms with Gasteiger partial charge in [0.15, 0.2) is 17.8 Å². The van der Waals surface area contributed by atoms with E-state index in [9.17, 15) is 0 Å². The molecular weight excluding hydrogens is 277 g/mol. The number of halogens is 2. The Morgan fingerprint density at radius 2 is 2.06 bits per heavy atom. The fourth-order valence-corrected chi connectivity index (χ4v) is 1.56. The minimum atomic E-state index is 0.106. The van der Waals surface area contributed by atoms with E-state index >= 15 is 0 Å². The Morgan fingerprint density at radius 3 is 2.72 bits per heavy atom. The van der Waals surface area contributed by atoms with Crippen LogP contribution in [0.4, 0.5) is 0 Å². The van der Waals surface area contributed by atoms with Crippen LogP contribution in [-0.4, -0.2) is 29.1 Å². The van der Waals surface area contributed by atoms with Gasteiger partial charge in [-0.05, 0) is 18.2 Å². The molecule has 0 bridgehead atoms. The van der Waals surface area contributed by atoms with Crippen molar-refractivity contribution < 1.29 is 9.47 Å². The maximum Gasteiger partial charge on any atom is 0.188 e. The average Bonchev–Trinajstić information content (AvgIpc) is 2.38. The summed E-state index contributed by atoms with van der Waals surface area (Å²) in [5.74, 6) is 0.927. The second kappa shape index (κ2) is 5.95. The molecule has 2 rings (SSSR count). The van der Waals surface area contributed by atoms with Gasteiger partial charge in [0.25, 0.3) is 0 Å². The predicted molar refractivity (Wildman–Crippen MR) is 67.8 cm³/mol. The van der Waals surface area contributed by atoms with Crippen LogP contribution in [0.2, 0.25) is 10.2 Å². The van der Waals surface area contributed by atoms with E-state index in [-0.39, 0.29) is 11.9 Å². The van der Waals surface area contributed by atoms with Gasteiger partial charge >= 0.3 is 0 Å². The van der Waals surface area contributed by atoms with Crippen molar-refractivity contribution in [2.24, 2.45) is 0 Å². The van der Waals surface area contributed by atoms with E-state index in [1.165, 1.54) is 13.3 Å². The Balaban J connectivity index is 2.39. The molecule has 0 spiro atoms. The van der Waals surface area contributed by atoms with Gasteiger partial charge in [-0.15, -0.1) is 10.2 Å². The van der Waals surface area contributed by atoms with Crippen LogP contribution in [0.1, 0.15) is 0 Å². The molecule has 7 heteroatoms. The summed E-state index contributed by atoms with van der Waals surface area (Å²) >= 11 is 11.5. The molecule has 0 saturated carbocycles. The van der Waals surface area contributed by atoms with Crippen molar-refractivity contribution in [1.29, 1.82) is 0 Å². The van der Waals surface area contributed by atoms with Crippen LogP contribution in [0.25, 0.3) is 11.4 Å². The zero-order valence-corrected chi connectivity index (χ0v) is 10.9. The van der Waals surface area contributed by atoms with Crippen LogP contribution < -0.4 is 4.74 Å². The lowest BCUT2D eigenvalue weighted by Crippen LogP contribution is -2.01. The molecule has 1 aromatic carbocycles. The number of ether oxygens (including phenoxy) is 2. The first-order chi connectivity index (χ1) is 8.70. The first-order valence-corrected chi connectivity index (χ1v) is 5.73. The summed E-state index contributed by atoms with van der Waals surface area (Å²) in [6, 6.07) is 5.13. The molecule has 94 valence electrons. The first-order valence-electron chi connectivity index (χ1n) is 4.97. The van der Waals surface area contributed by atoms with Crippen LogP contribution >= 0.6 is 23.2 Å². The summed E-state index contributed by atoms with van der Waals surface area (Å²) in [6.07, 6.45) is 1.42. The van der Waals surface area contributed by atoms with E-state index in [0.29, 0.717) is 22.2 Å². The largest absolute Gasteiger partial charge is 0.467 e. The molecule has 2 aromatic rings. The highest BCUT2D eigenvalue weighted by molar-refractivity contribution is 6.30. The fraction of sp³-hybridized carbons (Fsp3) is 0.182. The summed E-state index contributed by atoms with van der Waals surface area (Å²) in [5, 5.41) is 8.40. The van der Waals surface area contributed by atoms with Gasteiger partial charge in [0, 0.05) is 12.1 Å². The Labute approximate surface area is 114 Å². The molecule has 0 atom stereocenters. The van der Waals surface area contributed by atoms with E-state index in [4.69, 9.17) is 32.7 Å². The van der Waals surface area contributed by atoms with Crippen LogP contribution in [0, 0.1) is 0 Å². The monoisotopic (exact) mass is 285 g/mol. The number of benzene rings is 1. The summed E-state index contributed by atoms with van der Waals surface area (Å²) in [7, 11) is 1.53. The minimum absolute atomic E-state index is 0.106. The maximum atomic E-state index is 5.91. The van der Waals surface area contributed by atoms with Gasteiger partial charge in [0.05, 0.1) is 11.8 Å². The van der Waals surface area contributed by atoms with Crippen LogP contribution in [-0.2, 0) is 4.74 Å². The van der Waals surface area contributed by atoms with E-state index in [2.05, 4.69) is 15.2 Å². The molecule has 18 heavy (non-hydrogen) atoms. The Bertz CT molecular complexity index is 534. The molecule has 0 radical (unpaired) electrons. The zero-order chi connectivity index (χ0) is 13.0. The van der Waals surface area contributed by atoms with Gasteiger partial charge in [-0.1, -0.05) is 23.2 Å². The van der Waals surface area contributed by atoms with Crippen molar-refractivity contribution in [3.63, 3.8) is 0 Å². The fourth-order valence-electron chi connectivity index (χ4n) is 1.31. The molecule has 0 saturated heterocycles. The van der Waals surface area contributed by atoms with Crippen molar-refractivity contribution in [3.8, 4) is 17.1 Å². The number of hydrogen-bond acceptors (Lipinski definition) is 5. The van der Waals surface area contributed by atoms with Crippen LogP contribution in [0.15, 0.2) is 24.4 Å². The van der Waals surface area contributed by atoms with Crippen molar-refractivity contribution in [2.45, 2.75) is 0 Å². The molecule has 0 aliphatic carbocycles. The normalized spacial score (nSPS) is 10.4. The highest BCUT2D eigenvalue weighted by atomic mass is 35.5. The molecule has 5 nitrogen and oxygen atoms in total. The molecule has 0 N–H and O–H groups in total. The second-order valence-electron chi connectivity index (χ2n) is 3.30. The van der Waals surface area contributed by atoms with Crippen molar-refractivity contribution in [1.82, 2.24) is 15.2 Å². The summed E-state index contributed by atoms with van der Waals surface area (Å²) in [6.45, 7) is 0.106. The van der Waals surface area contributed by atoms with Gasteiger partial charge < -0.3 is 9.47 Å². The molecule has 0 amide bonds. The molecule has 0 aliphatic rings. The van der Waals surface area contributed by atoms with E-state index < -0.39 is 0 Å². The molecular formula is C11H9Cl2N3O2. The zero-order valence-electron chi connectivity index (χ0n) is 9.43. The van der Waals surface area contributed by atoms with E-state index in [1.807, 2.05) is 0 Å². The van der Waals surface area contributed by atoms with Crippen molar-refractivity contribution in [3.05, 3.63) is 34.6 Å². The quantitative estimate of drug-likeness (QED) is 0.809. The Kier molecular flexibility index (Phi) is 4.30. The molecule has 0 unspecified atom stereocenters. The Hall–Kier alpha value is -1.43. The third-order valence-corrected chi connectivity index (χ3v) is 2.46. The summed E-state index contributed by atoms with van der Waals surface area (Å²) in [4.78, 5) is 4.08.